The van der Waals surface area contributed by atoms with Crippen LogP contribution in [0.5, 0.6) is 0 Å². The van der Waals surface area contributed by atoms with Gasteiger partial charge in [0.2, 0.25) is 0 Å². The summed E-state index contributed by atoms with van der Waals surface area (Å²) >= 11 is 3.56. The summed E-state index contributed by atoms with van der Waals surface area (Å²) in [5.41, 5.74) is 2.03. The maximum atomic E-state index is 6.06. The van der Waals surface area contributed by atoms with Crippen molar-refractivity contribution in [1.29, 1.82) is 0 Å². The van der Waals surface area contributed by atoms with Crippen LogP contribution in [0.2, 0.25) is 0 Å². The van der Waals surface area contributed by atoms with Crippen molar-refractivity contribution in [1.82, 2.24) is 29.2 Å². The van der Waals surface area contributed by atoms with Crippen molar-refractivity contribution in [3.8, 4) is 0 Å². The Bertz CT molecular complexity index is 1160. The van der Waals surface area contributed by atoms with Crippen LogP contribution in [0.15, 0.2) is 11.5 Å². The zero-order valence-electron chi connectivity index (χ0n) is 16.4. The van der Waals surface area contributed by atoms with Crippen molar-refractivity contribution >= 4 is 44.7 Å². The fourth-order valence-corrected chi connectivity index (χ4v) is 6.06. The van der Waals surface area contributed by atoms with Gasteiger partial charge in [-0.25, -0.2) is 9.38 Å². The molecule has 0 aromatic carbocycles. The van der Waals surface area contributed by atoms with Gasteiger partial charge in [-0.15, -0.1) is 21.5 Å². The van der Waals surface area contributed by atoms with Gasteiger partial charge >= 0.3 is 0 Å². The average molecular weight is 417 g/mol. The van der Waals surface area contributed by atoms with Crippen LogP contribution < -0.4 is 0 Å². The summed E-state index contributed by atoms with van der Waals surface area (Å²) in [5, 5.41) is 15.5. The number of unbranched alkanes of at least 4 members (excludes halogenated alkanes) is 3. The highest BCUT2D eigenvalue weighted by atomic mass is 32.2. The molecule has 5 heterocycles. The number of hydrogen-bond donors (Lipinski definition) is 0. The lowest BCUT2D eigenvalue weighted by Gasteiger charge is -2.30. The molecule has 0 fully saturated rings. The van der Waals surface area contributed by atoms with E-state index in [9.17, 15) is 0 Å². The number of rotatable bonds is 6. The molecule has 0 N–H and O–H groups in total. The van der Waals surface area contributed by atoms with Gasteiger partial charge in [-0.05, 0) is 25.8 Å². The van der Waals surface area contributed by atoms with Gasteiger partial charge in [0, 0.05) is 17.1 Å². The molecule has 148 valence electrons. The molecule has 4 aromatic rings. The molecule has 0 aliphatic carbocycles. The molecule has 1 aliphatic heterocycles. The summed E-state index contributed by atoms with van der Waals surface area (Å²) in [5.74, 6) is 1.79. The lowest BCUT2D eigenvalue weighted by molar-refractivity contribution is -0.0379. The van der Waals surface area contributed by atoms with Crippen LogP contribution in [-0.2, 0) is 17.8 Å². The first-order valence-corrected chi connectivity index (χ1v) is 11.7. The van der Waals surface area contributed by atoms with E-state index in [1.807, 2.05) is 4.52 Å². The molecule has 0 saturated carbocycles. The first-order valence-electron chi connectivity index (χ1n) is 9.87. The van der Waals surface area contributed by atoms with Gasteiger partial charge in [0.25, 0.3) is 5.78 Å². The maximum Gasteiger partial charge on any atom is 0.260 e. The van der Waals surface area contributed by atoms with Crippen molar-refractivity contribution < 1.29 is 4.74 Å². The second-order valence-electron chi connectivity index (χ2n) is 7.93. The Morgan fingerprint density at radius 3 is 3.00 bits per heavy atom. The van der Waals surface area contributed by atoms with Gasteiger partial charge in [0.1, 0.15) is 11.2 Å². The Balaban J connectivity index is 1.66. The highest BCUT2D eigenvalue weighted by Crippen LogP contribution is 2.41. The molecule has 5 rings (SSSR count). The van der Waals surface area contributed by atoms with Gasteiger partial charge in [-0.3, -0.25) is 0 Å². The molecule has 0 radical (unpaired) electrons. The van der Waals surface area contributed by atoms with E-state index in [0.29, 0.717) is 6.61 Å². The number of fused-ring (bicyclic) bond motifs is 8. The Kier molecular flexibility index (Phi) is 4.56. The Morgan fingerprint density at radius 1 is 1.25 bits per heavy atom. The van der Waals surface area contributed by atoms with Gasteiger partial charge in [-0.1, -0.05) is 37.9 Å². The van der Waals surface area contributed by atoms with Crippen molar-refractivity contribution in [2.45, 2.75) is 70.2 Å². The van der Waals surface area contributed by atoms with E-state index >= 15 is 0 Å². The molecule has 0 spiro atoms. The minimum atomic E-state index is -0.170. The zero-order valence-corrected chi connectivity index (χ0v) is 18.1. The molecular weight excluding hydrogens is 392 g/mol. The minimum Gasteiger partial charge on any atom is -0.370 e. The standard InChI is InChI=1S/C19H24N6OS2/c1-4-5-6-7-8-27-18-23-22-17-24(18)16-14(15-20-11-21-25(15)17)12-9-19(2,3)26-10-13(12)28-16/h11H,4-10H2,1-3H3. The summed E-state index contributed by atoms with van der Waals surface area (Å²) in [4.78, 5) is 6.99. The minimum absolute atomic E-state index is 0.170. The predicted octanol–water partition coefficient (Wildman–Crippen LogP) is 4.51. The number of ether oxygens (including phenoxy) is 1. The highest BCUT2D eigenvalue weighted by molar-refractivity contribution is 7.99. The Morgan fingerprint density at radius 2 is 2.14 bits per heavy atom. The Labute approximate surface area is 171 Å². The van der Waals surface area contributed by atoms with E-state index in [4.69, 9.17) is 4.74 Å². The molecule has 4 aromatic heterocycles. The predicted molar refractivity (Wildman–Crippen MR) is 112 cm³/mol. The van der Waals surface area contributed by atoms with Crippen LogP contribution in [0.3, 0.4) is 0 Å². The number of thiophene rings is 1. The van der Waals surface area contributed by atoms with Crippen molar-refractivity contribution in [2.24, 2.45) is 0 Å². The lowest BCUT2D eigenvalue weighted by atomic mass is 9.94. The van der Waals surface area contributed by atoms with Crippen molar-refractivity contribution in [2.75, 3.05) is 5.75 Å². The van der Waals surface area contributed by atoms with Crippen LogP contribution in [0, 0.1) is 0 Å². The number of thioether (sulfide) groups is 1. The highest BCUT2D eigenvalue weighted by Gasteiger charge is 2.32. The summed E-state index contributed by atoms with van der Waals surface area (Å²) in [6, 6.07) is 0. The van der Waals surface area contributed by atoms with E-state index in [0.717, 1.165) is 33.6 Å². The third kappa shape index (κ3) is 2.91. The average Bonchev–Trinajstić information content (AvgIpc) is 3.36. The number of nitrogens with zero attached hydrogens (tertiary/aromatic N) is 6. The van der Waals surface area contributed by atoms with E-state index in [2.05, 4.69) is 45.5 Å². The van der Waals surface area contributed by atoms with Crippen molar-refractivity contribution in [3.05, 3.63) is 16.8 Å². The molecule has 1 aliphatic rings. The number of aromatic nitrogens is 6. The van der Waals surface area contributed by atoms with Crippen LogP contribution >= 0.6 is 23.1 Å². The van der Waals surface area contributed by atoms with E-state index in [1.54, 1.807) is 29.4 Å². The van der Waals surface area contributed by atoms with Gasteiger partial charge < -0.3 is 4.74 Å². The zero-order chi connectivity index (χ0) is 19.3. The van der Waals surface area contributed by atoms with Gasteiger partial charge in [0.15, 0.2) is 10.8 Å². The van der Waals surface area contributed by atoms with Gasteiger partial charge in [-0.2, -0.15) is 9.61 Å². The fourth-order valence-electron chi connectivity index (χ4n) is 3.85. The van der Waals surface area contributed by atoms with Crippen LogP contribution in [0.1, 0.15) is 56.9 Å². The summed E-state index contributed by atoms with van der Waals surface area (Å²) < 4.78 is 10.1. The third-order valence-electron chi connectivity index (χ3n) is 5.28. The molecule has 0 bridgehead atoms. The van der Waals surface area contributed by atoms with E-state index < -0.39 is 0 Å². The summed E-state index contributed by atoms with van der Waals surface area (Å²) in [6.45, 7) is 7.18. The SMILES string of the molecule is CCCCCCSc1nnc2n3ncnc3c3c4c(sc3n12)COC(C)(C)C4. The second-order valence-corrected chi connectivity index (χ2v) is 10.1. The fraction of sp³-hybridized carbons (Fsp3) is 0.579. The molecule has 0 unspecified atom stereocenters. The second kappa shape index (κ2) is 6.96. The quantitative estimate of drug-likeness (QED) is 0.340. The first-order chi connectivity index (χ1) is 13.6. The van der Waals surface area contributed by atoms with Crippen molar-refractivity contribution in [3.63, 3.8) is 0 Å². The topological polar surface area (TPSA) is 69.6 Å². The Hall–Kier alpha value is -1.71. The largest absolute Gasteiger partial charge is 0.370 e. The molecular formula is C19H24N6OS2. The maximum absolute atomic E-state index is 6.06. The lowest BCUT2D eigenvalue weighted by Crippen LogP contribution is -2.31. The third-order valence-corrected chi connectivity index (χ3v) is 7.48. The molecule has 0 saturated heterocycles. The molecule has 7 nitrogen and oxygen atoms in total. The first kappa shape index (κ1) is 18.3. The molecule has 0 atom stereocenters. The van der Waals surface area contributed by atoms with E-state index in [-0.39, 0.29) is 5.60 Å². The summed E-state index contributed by atoms with van der Waals surface area (Å²) in [7, 11) is 0. The van der Waals surface area contributed by atoms with E-state index in [1.165, 1.54) is 41.5 Å². The van der Waals surface area contributed by atoms with Gasteiger partial charge in [0.05, 0.1) is 17.6 Å². The normalized spacial score (nSPS) is 16.4. The van der Waals surface area contributed by atoms with Crippen LogP contribution in [0.25, 0.3) is 21.6 Å². The number of hydrogen-bond acceptors (Lipinski definition) is 7. The summed E-state index contributed by atoms with van der Waals surface area (Å²) in [6.07, 6.45) is 7.49. The molecule has 9 heteroatoms. The molecule has 0 amide bonds. The van der Waals surface area contributed by atoms with Crippen LogP contribution in [0.4, 0.5) is 0 Å². The molecule has 28 heavy (non-hydrogen) atoms. The van der Waals surface area contributed by atoms with Crippen LogP contribution in [-0.4, -0.2) is 40.6 Å². The monoisotopic (exact) mass is 416 g/mol. The smallest absolute Gasteiger partial charge is 0.260 e.